The van der Waals surface area contributed by atoms with E-state index >= 15 is 0 Å². The van der Waals surface area contributed by atoms with Crippen LogP contribution < -0.4 is 11.3 Å². The summed E-state index contributed by atoms with van der Waals surface area (Å²) in [5.41, 5.74) is 5.72. The number of hydrogen-bond acceptors (Lipinski definition) is 4. The first-order valence-corrected chi connectivity index (χ1v) is 5.91. The topological polar surface area (TPSA) is 60.9 Å². The molecule has 4 nitrogen and oxygen atoms in total. The van der Waals surface area contributed by atoms with Gasteiger partial charge in [-0.3, -0.25) is 4.79 Å². The first kappa shape index (κ1) is 10.9. The lowest BCUT2D eigenvalue weighted by Crippen LogP contribution is -2.22. The molecule has 2 heterocycles. The molecule has 0 aliphatic carbocycles. The highest BCUT2D eigenvalue weighted by atomic mass is 32.1. The van der Waals surface area contributed by atoms with Crippen molar-refractivity contribution in [3.8, 4) is 0 Å². The largest absolute Gasteiger partial charge is 0.397 e. The normalized spacial score (nSPS) is 10.6. The third-order valence-corrected chi connectivity index (χ3v) is 3.48. The first-order chi connectivity index (χ1) is 7.69. The Hall–Kier alpha value is -1.62. The van der Waals surface area contributed by atoms with Gasteiger partial charge in [0.1, 0.15) is 0 Å². The minimum absolute atomic E-state index is 0.161. The lowest BCUT2D eigenvalue weighted by atomic mass is 10.3. The molecular weight excluding hydrogens is 222 g/mol. The average Bonchev–Trinajstić information content (AvgIpc) is 2.70. The fraction of sp³-hybridized carbons (Fsp3) is 0.273. The lowest BCUT2D eigenvalue weighted by molar-refractivity contribution is 0.646. The zero-order chi connectivity index (χ0) is 11.5. The van der Waals surface area contributed by atoms with Gasteiger partial charge in [0, 0.05) is 15.8 Å². The molecule has 0 unspecified atom stereocenters. The van der Waals surface area contributed by atoms with E-state index in [9.17, 15) is 4.79 Å². The molecule has 0 saturated carbocycles. The molecule has 0 fully saturated rings. The van der Waals surface area contributed by atoms with Crippen molar-refractivity contribution in [3.05, 3.63) is 44.5 Å². The van der Waals surface area contributed by atoms with Gasteiger partial charge in [-0.15, -0.1) is 11.3 Å². The van der Waals surface area contributed by atoms with E-state index in [2.05, 4.69) is 18.1 Å². The van der Waals surface area contributed by atoms with Crippen LogP contribution in [0.4, 0.5) is 5.69 Å². The van der Waals surface area contributed by atoms with Crippen LogP contribution in [-0.4, -0.2) is 9.78 Å². The average molecular weight is 235 g/mol. The molecule has 5 heteroatoms. The molecule has 2 N–H and O–H groups in total. The smallest absolute Gasteiger partial charge is 0.269 e. The Kier molecular flexibility index (Phi) is 3.05. The van der Waals surface area contributed by atoms with Crippen LogP contribution in [0.1, 0.15) is 16.7 Å². The van der Waals surface area contributed by atoms with Gasteiger partial charge >= 0.3 is 0 Å². The van der Waals surface area contributed by atoms with Crippen molar-refractivity contribution >= 4 is 17.0 Å². The third-order valence-electron chi connectivity index (χ3n) is 2.26. The molecule has 2 rings (SSSR count). The number of nitrogens with two attached hydrogens (primary N) is 1. The Morgan fingerprint density at radius 2 is 2.19 bits per heavy atom. The van der Waals surface area contributed by atoms with Crippen LogP contribution in [0.3, 0.4) is 0 Å². The van der Waals surface area contributed by atoms with Crippen molar-refractivity contribution in [3.63, 3.8) is 0 Å². The Balaban J connectivity index is 2.23. The van der Waals surface area contributed by atoms with Crippen LogP contribution in [0.25, 0.3) is 0 Å². The van der Waals surface area contributed by atoms with Gasteiger partial charge in [0.15, 0.2) is 0 Å². The molecule has 0 aromatic carbocycles. The van der Waals surface area contributed by atoms with E-state index in [1.165, 1.54) is 21.8 Å². The van der Waals surface area contributed by atoms with E-state index in [1.807, 2.05) is 6.07 Å². The molecule has 0 amide bonds. The maximum absolute atomic E-state index is 11.5. The van der Waals surface area contributed by atoms with Crippen LogP contribution in [0, 0.1) is 0 Å². The molecule has 16 heavy (non-hydrogen) atoms. The lowest BCUT2D eigenvalue weighted by Gasteiger charge is -2.01. The number of rotatable bonds is 3. The summed E-state index contributed by atoms with van der Waals surface area (Å²) < 4.78 is 1.42. The number of nitrogens with zero attached hydrogens (tertiary/aromatic N) is 2. The molecule has 0 bridgehead atoms. The molecule has 0 atom stereocenters. The summed E-state index contributed by atoms with van der Waals surface area (Å²) in [4.78, 5) is 14.0. The minimum atomic E-state index is -0.161. The van der Waals surface area contributed by atoms with Gasteiger partial charge < -0.3 is 5.73 Å². The first-order valence-electron chi connectivity index (χ1n) is 5.09. The van der Waals surface area contributed by atoms with Crippen LogP contribution in [0.5, 0.6) is 0 Å². The second-order valence-electron chi connectivity index (χ2n) is 3.51. The summed E-state index contributed by atoms with van der Waals surface area (Å²) in [5, 5.41) is 3.99. The van der Waals surface area contributed by atoms with Crippen LogP contribution in [0.15, 0.2) is 29.2 Å². The SMILES string of the molecule is CCc1ccc(Cn2ncc(N)cc2=O)s1. The molecule has 0 aliphatic rings. The Morgan fingerprint density at radius 1 is 1.44 bits per heavy atom. The number of nitrogen functional groups attached to an aromatic ring is 1. The molecule has 0 saturated heterocycles. The van der Waals surface area contributed by atoms with Gasteiger partial charge in [-0.1, -0.05) is 6.92 Å². The Labute approximate surface area is 97.3 Å². The highest BCUT2D eigenvalue weighted by Gasteiger charge is 2.02. The van der Waals surface area contributed by atoms with E-state index in [0.29, 0.717) is 12.2 Å². The fourth-order valence-electron chi connectivity index (χ4n) is 1.41. The third kappa shape index (κ3) is 2.30. The van der Waals surface area contributed by atoms with Crippen LogP contribution >= 0.6 is 11.3 Å². The summed E-state index contributed by atoms with van der Waals surface area (Å²) in [6.45, 7) is 2.63. The Bertz CT molecular complexity index is 544. The molecule has 0 radical (unpaired) electrons. The second-order valence-corrected chi connectivity index (χ2v) is 4.76. The highest BCUT2D eigenvalue weighted by molar-refractivity contribution is 7.11. The second kappa shape index (κ2) is 4.49. The highest BCUT2D eigenvalue weighted by Crippen LogP contribution is 2.17. The number of thiophene rings is 1. The maximum atomic E-state index is 11.5. The summed E-state index contributed by atoms with van der Waals surface area (Å²) in [5.74, 6) is 0. The van der Waals surface area contributed by atoms with Crippen LogP contribution in [-0.2, 0) is 13.0 Å². The summed E-state index contributed by atoms with van der Waals surface area (Å²) in [7, 11) is 0. The number of hydrogen-bond donors (Lipinski definition) is 1. The molecule has 2 aromatic rings. The van der Waals surface area contributed by atoms with Gasteiger partial charge in [0.25, 0.3) is 5.56 Å². The molecule has 0 aliphatic heterocycles. The van der Waals surface area contributed by atoms with Crippen molar-refractivity contribution < 1.29 is 0 Å². The standard InChI is InChI=1S/C11H13N3OS/c1-2-9-3-4-10(16-9)7-14-11(15)5-8(12)6-13-14/h3-6H,2,7,12H2,1H3. The molecule has 2 aromatic heterocycles. The monoisotopic (exact) mass is 235 g/mol. The van der Waals surface area contributed by atoms with Gasteiger partial charge in [-0.2, -0.15) is 5.10 Å². The zero-order valence-corrected chi connectivity index (χ0v) is 9.83. The van der Waals surface area contributed by atoms with Crippen molar-refractivity contribution in [2.45, 2.75) is 19.9 Å². The number of aromatic nitrogens is 2. The van der Waals surface area contributed by atoms with E-state index in [0.717, 1.165) is 11.3 Å². The zero-order valence-electron chi connectivity index (χ0n) is 9.01. The minimum Gasteiger partial charge on any atom is -0.397 e. The van der Waals surface area contributed by atoms with Crippen LogP contribution in [0.2, 0.25) is 0 Å². The van der Waals surface area contributed by atoms with Crippen molar-refractivity contribution in [1.29, 1.82) is 0 Å². The van der Waals surface area contributed by atoms with Gasteiger partial charge in [-0.25, -0.2) is 4.68 Å². The van der Waals surface area contributed by atoms with E-state index in [4.69, 9.17) is 5.73 Å². The van der Waals surface area contributed by atoms with Crippen molar-refractivity contribution in [2.24, 2.45) is 0 Å². The predicted molar refractivity (Wildman–Crippen MR) is 65.7 cm³/mol. The summed E-state index contributed by atoms with van der Waals surface area (Å²) in [6.07, 6.45) is 2.52. The molecular formula is C11H13N3OS. The molecule has 0 spiro atoms. The van der Waals surface area contributed by atoms with Gasteiger partial charge in [0.05, 0.1) is 18.4 Å². The summed E-state index contributed by atoms with van der Waals surface area (Å²) in [6, 6.07) is 5.51. The van der Waals surface area contributed by atoms with E-state index in [-0.39, 0.29) is 5.56 Å². The van der Waals surface area contributed by atoms with E-state index < -0.39 is 0 Å². The fourth-order valence-corrected chi connectivity index (χ4v) is 2.35. The maximum Gasteiger partial charge on any atom is 0.269 e. The summed E-state index contributed by atoms with van der Waals surface area (Å²) >= 11 is 1.71. The Morgan fingerprint density at radius 3 is 2.81 bits per heavy atom. The van der Waals surface area contributed by atoms with E-state index in [1.54, 1.807) is 11.3 Å². The quantitative estimate of drug-likeness (QED) is 0.877. The number of anilines is 1. The molecule has 84 valence electrons. The predicted octanol–water partition coefficient (Wildman–Crippen LogP) is 1.50. The van der Waals surface area contributed by atoms with Gasteiger partial charge in [0.2, 0.25) is 0 Å². The number of aryl methyl sites for hydroxylation is 1. The van der Waals surface area contributed by atoms with Crippen molar-refractivity contribution in [1.82, 2.24) is 9.78 Å². The van der Waals surface area contributed by atoms with Gasteiger partial charge in [-0.05, 0) is 18.6 Å². The van der Waals surface area contributed by atoms with Crippen molar-refractivity contribution in [2.75, 3.05) is 5.73 Å².